The first-order chi connectivity index (χ1) is 13.0. The minimum absolute atomic E-state index is 0.0133. The molecule has 8 nitrogen and oxygen atoms in total. The second-order valence-corrected chi connectivity index (χ2v) is 8.34. The van der Waals surface area contributed by atoms with E-state index in [9.17, 15) is 9.59 Å². The van der Waals surface area contributed by atoms with Crippen LogP contribution in [0.15, 0.2) is 0 Å². The maximum atomic E-state index is 11.6. The highest BCUT2D eigenvalue weighted by atomic mass is 16.6. The highest BCUT2D eigenvalue weighted by Gasteiger charge is 2.22. The van der Waals surface area contributed by atoms with Crippen LogP contribution in [-0.4, -0.2) is 77.9 Å². The maximum absolute atomic E-state index is 11.6. The van der Waals surface area contributed by atoms with Crippen LogP contribution in [-0.2, 0) is 33.3 Å². The van der Waals surface area contributed by atoms with E-state index in [0.29, 0.717) is 59.4 Å². The molecule has 0 heterocycles. The van der Waals surface area contributed by atoms with Crippen molar-refractivity contribution in [3.8, 4) is 0 Å². The van der Waals surface area contributed by atoms with Gasteiger partial charge in [-0.2, -0.15) is 0 Å². The van der Waals surface area contributed by atoms with Gasteiger partial charge in [-0.1, -0.05) is 20.8 Å². The molecule has 0 atom stereocenters. The molecule has 1 N–H and O–H groups in total. The van der Waals surface area contributed by atoms with Crippen LogP contribution < -0.4 is 5.32 Å². The van der Waals surface area contributed by atoms with Crippen molar-refractivity contribution in [3.63, 3.8) is 0 Å². The Bertz CT molecular complexity index is 387. The zero-order valence-electron chi connectivity index (χ0n) is 18.4. The summed E-state index contributed by atoms with van der Waals surface area (Å²) in [5.74, 6) is -0.220. The number of amides is 1. The van der Waals surface area contributed by atoms with Crippen LogP contribution in [0.5, 0.6) is 0 Å². The Morgan fingerprint density at radius 2 is 1.00 bits per heavy atom. The third-order valence-corrected chi connectivity index (χ3v) is 3.40. The third-order valence-electron chi connectivity index (χ3n) is 3.40. The minimum Gasteiger partial charge on any atom is -0.463 e. The molecule has 0 saturated heterocycles. The number of carbonyl (C=O) groups excluding carboxylic acids is 2. The van der Waals surface area contributed by atoms with E-state index in [1.54, 1.807) is 0 Å². The van der Waals surface area contributed by atoms with Gasteiger partial charge in [0.15, 0.2) is 0 Å². The van der Waals surface area contributed by atoms with Crippen molar-refractivity contribution in [2.24, 2.45) is 10.8 Å². The molecular formula is C20H39NO7. The Morgan fingerprint density at radius 1 is 0.607 bits per heavy atom. The molecular weight excluding hydrogens is 366 g/mol. The standard InChI is InChI=1S/C20H39NO7/c1-19(2,3)17(22)21-7-8-24-9-10-25-11-12-26-13-14-27-15-16-28-18(23)20(4,5)6/h7-16H2,1-6H3,(H,21,22). The van der Waals surface area contributed by atoms with Crippen LogP contribution in [0.3, 0.4) is 0 Å². The Morgan fingerprint density at radius 3 is 1.39 bits per heavy atom. The zero-order valence-corrected chi connectivity index (χ0v) is 18.4. The molecule has 0 aliphatic carbocycles. The van der Waals surface area contributed by atoms with Gasteiger partial charge in [-0.05, 0) is 20.8 Å². The lowest BCUT2D eigenvalue weighted by Crippen LogP contribution is -2.36. The normalized spacial score (nSPS) is 12.1. The number of nitrogens with one attached hydrogen (secondary N) is 1. The van der Waals surface area contributed by atoms with Crippen molar-refractivity contribution in [3.05, 3.63) is 0 Å². The topological polar surface area (TPSA) is 92.3 Å². The summed E-state index contributed by atoms with van der Waals surface area (Å²) in [4.78, 5) is 23.1. The maximum Gasteiger partial charge on any atom is 0.311 e. The van der Waals surface area contributed by atoms with E-state index in [1.807, 2.05) is 41.5 Å². The first kappa shape index (κ1) is 26.8. The predicted molar refractivity (Wildman–Crippen MR) is 106 cm³/mol. The number of carbonyl (C=O) groups is 2. The summed E-state index contributed by atoms with van der Waals surface area (Å²) in [6.45, 7) is 15.4. The molecule has 0 spiro atoms. The van der Waals surface area contributed by atoms with Crippen molar-refractivity contribution in [1.29, 1.82) is 0 Å². The Hall–Kier alpha value is -1.22. The van der Waals surface area contributed by atoms with Gasteiger partial charge in [0, 0.05) is 12.0 Å². The van der Waals surface area contributed by atoms with Gasteiger partial charge in [-0.25, -0.2) is 0 Å². The van der Waals surface area contributed by atoms with Crippen LogP contribution in [0.25, 0.3) is 0 Å². The lowest BCUT2D eigenvalue weighted by molar-refractivity contribution is -0.154. The number of hydrogen-bond donors (Lipinski definition) is 1. The molecule has 0 fully saturated rings. The van der Waals surface area contributed by atoms with E-state index in [1.165, 1.54) is 0 Å². The molecule has 8 heteroatoms. The fraction of sp³-hybridized carbons (Fsp3) is 0.900. The highest BCUT2D eigenvalue weighted by Crippen LogP contribution is 2.14. The summed E-state index contributed by atoms with van der Waals surface area (Å²) < 4.78 is 26.5. The van der Waals surface area contributed by atoms with Crippen LogP contribution in [0, 0.1) is 10.8 Å². The average molecular weight is 406 g/mol. The first-order valence-electron chi connectivity index (χ1n) is 9.81. The Kier molecular flexibility index (Phi) is 14.1. The molecule has 0 saturated carbocycles. The monoisotopic (exact) mass is 405 g/mol. The summed E-state index contributed by atoms with van der Waals surface area (Å²) in [7, 11) is 0. The molecule has 0 aliphatic rings. The van der Waals surface area contributed by atoms with E-state index in [2.05, 4.69) is 5.32 Å². The Labute approximate surface area is 169 Å². The van der Waals surface area contributed by atoms with Gasteiger partial charge in [0.1, 0.15) is 6.61 Å². The van der Waals surface area contributed by atoms with Gasteiger partial charge >= 0.3 is 5.97 Å². The van der Waals surface area contributed by atoms with E-state index in [4.69, 9.17) is 23.7 Å². The van der Waals surface area contributed by atoms with Gasteiger partial charge in [0.2, 0.25) is 5.91 Å². The molecule has 0 aromatic carbocycles. The molecule has 0 bridgehead atoms. The summed E-state index contributed by atoms with van der Waals surface area (Å²) in [5.41, 5.74) is -0.871. The van der Waals surface area contributed by atoms with E-state index in [0.717, 1.165) is 0 Å². The number of ether oxygens (including phenoxy) is 5. The van der Waals surface area contributed by atoms with Crippen LogP contribution in [0.4, 0.5) is 0 Å². The lowest BCUT2D eigenvalue weighted by atomic mass is 9.96. The first-order valence-corrected chi connectivity index (χ1v) is 9.81. The minimum atomic E-state index is -0.490. The largest absolute Gasteiger partial charge is 0.463 e. The molecule has 1 amide bonds. The van der Waals surface area contributed by atoms with Crippen molar-refractivity contribution in [2.45, 2.75) is 41.5 Å². The fourth-order valence-electron chi connectivity index (χ4n) is 1.67. The zero-order chi connectivity index (χ0) is 21.5. The summed E-state index contributed by atoms with van der Waals surface area (Å²) >= 11 is 0. The molecule has 0 rings (SSSR count). The summed E-state index contributed by atoms with van der Waals surface area (Å²) in [6, 6.07) is 0. The number of rotatable bonds is 15. The van der Waals surface area contributed by atoms with E-state index in [-0.39, 0.29) is 23.9 Å². The third kappa shape index (κ3) is 15.8. The number of esters is 1. The molecule has 28 heavy (non-hydrogen) atoms. The van der Waals surface area contributed by atoms with Gasteiger partial charge < -0.3 is 29.0 Å². The molecule has 0 aliphatic heterocycles. The number of hydrogen-bond acceptors (Lipinski definition) is 7. The van der Waals surface area contributed by atoms with Gasteiger partial charge in [-0.15, -0.1) is 0 Å². The second-order valence-electron chi connectivity index (χ2n) is 8.34. The summed E-state index contributed by atoms with van der Waals surface area (Å²) in [5, 5.41) is 2.82. The van der Waals surface area contributed by atoms with Crippen molar-refractivity contribution in [2.75, 3.05) is 66.0 Å². The average Bonchev–Trinajstić information content (AvgIpc) is 2.59. The molecule has 0 aromatic heterocycles. The lowest BCUT2D eigenvalue weighted by Gasteiger charge is -2.17. The predicted octanol–water partition coefficient (Wildman–Crippen LogP) is 1.80. The second kappa shape index (κ2) is 14.7. The Balaban J connectivity index is 3.24. The van der Waals surface area contributed by atoms with Gasteiger partial charge in [-0.3, -0.25) is 9.59 Å². The fourth-order valence-corrected chi connectivity index (χ4v) is 1.67. The van der Waals surface area contributed by atoms with Crippen LogP contribution in [0.2, 0.25) is 0 Å². The quantitative estimate of drug-likeness (QED) is 0.328. The molecule has 0 aromatic rings. The van der Waals surface area contributed by atoms with Gasteiger partial charge in [0.25, 0.3) is 0 Å². The molecule has 0 unspecified atom stereocenters. The van der Waals surface area contributed by atoms with E-state index < -0.39 is 5.41 Å². The van der Waals surface area contributed by atoms with Gasteiger partial charge in [0.05, 0.1) is 58.3 Å². The van der Waals surface area contributed by atoms with Crippen molar-refractivity contribution < 1.29 is 33.3 Å². The van der Waals surface area contributed by atoms with E-state index >= 15 is 0 Å². The molecule has 166 valence electrons. The summed E-state index contributed by atoms with van der Waals surface area (Å²) in [6.07, 6.45) is 0. The van der Waals surface area contributed by atoms with Crippen molar-refractivity contribution in [1.82, 2.24) is 5.32 Å². The van der Waals surface area contributed by atoms with Crippen LogP contribution >= 0.6 is 0 Å². The smallest absolute Gasteiger partial charge is 0.311 e. The SMILES string of the molecule is CC(C)(C)C(=O)NCCOCCOCCOCCOCCOC(=O)C(C)(C)C. The van der Waals surface area contributed by atoms with Crippen LogP contribution in [0.1, 0.15) is 41.5 Å². The van der Waals surface area contributed by atoms with Crippen molar-refractivity contribution >= 4 is 11.9 Å². The molecule has 0 radical (unpaired) electrons. The highest BCUT2D eigenvalue weighted by molar-refractivity contribution is 5.81.